The number of pyridine rings is 1. The van der Waals surface area contributed by atoms with Crippen molar-refractivity contribution >= 4 is 0 Å². The average Bonchev–Trinajstić information content (AvgIpc) is 2.32. The predicted octanol–water partition coefficient (Wildman–Crippen LogP) is 1.69. The highest BCUT2D eigenvalue weighted by molar-refractivity contribution is 5.29. The Labute approximate surface area is 108 Å². The van der Waals surface area contributed by atoms with Crippen molar-refractivity contribution < 1.29 is 9.84 Å². The summed E-state index contributed by atoms with van der Waals surface area (Å²) in [4.78, 5) is 4.19. The molecule has 4 nitrogen and oxygen atoms in total. The van der Waals surface area contributed by atoms with Gasteiger partial charge in [-0.05, 0) is 32.9 Å². The van der Waals surface area contributed by atoms with Crippen molar-refractivity contribution in [3.63, 3.8) is 0 Å². The molecule has 0 radical (unpaired) electrons. The third kappa shape index (κ3) is 2.65. The first kappa shape index (κ1) is 13.3. The van der Waals surface area contributed by atoms with Gasteiger partial charge >= 0.3 is 0 Å². The van der Waals surface area contributed by atoms with E-state index in [1.54, 1.807) is 12.4 Å². The molecule has 2 unspecified atom stereocenters. The summed E-state index contributed by atoms with van der Waals surface area (Å²) in [7, 11) is 0. The molecule has 1 saturated heterocycles. The van der Waals surface area contributed by atoms with E-state index in [9.17, 15) is 5.11 Å². The smallest absolute Gasteiger partial charge is 0.138 e. The number of hydrogen-bond acceptors (Lipinski definition) is 4. The first-order valence-electron chi connectivity index (χ1n) is 6.57. The topological polar surface area (TPSA) is 54.4 Å². The Hall–Kier alpha value is -1.13. The van der Waals surface area contributed by atoms with E-state index in [-0.39, 0.29) is 12.0 Å². The Morgan fingerprint density at radius 3 is 2.94 bits per heavy atom. The van der Waals surface area contributed by atoms with Crippen LogP contribution in [0.2, 0.25) is 0 Å². The molecule has 1 aromatic rings. The second-order valence-electron chi connectivity index (χ2n) is 5.36. The molecule has 0 aromatic carbocycles. The molecule has 0 bridgehead atoms. The molecular weight excluding hydrogens is 228 g/mol. The number of aromatic nitrogens is 1. The van der Waals surface area contributed by atoms with Gasteiger partial charge < -0.3 is 15.2 Å². The monoisotopic (exact) mass is 250 g/mol. The van der Waals surface area contributed by atoms with Gasteiger partial charge in [-0.2, -0.15) is 0 Å². The molecular formula is C14H22N2O2. The Balaban J connectivity index is 2.26. The molecule has 0 spiro atoms. The summed E-state index contributed by atoms with van der Waals surface area (Å²) in [6, 6.07) is 1.91. The Morgan fingerprint density at radius 1 is 1.50 bits per heavy atom. The number of ether oxygens (including phenoxy) is 1. The zero-order chi connectivity index (χ0) is 13.2. The highest BCUT2D eigenvalue weighted by atomic mass is 16.5. The molecule has 2 rings (SSSR count). The van der Waals surface area contributed by atoms with Crippen LogP contribution in [0.4, 0.5) is 0 Å². The summed E-state index contributed by atoms with van der Waals surface area (Å²) >= 11 is 0. The molecule has 18 heavy (non-hydrogen) atoms. The highest BCUT2D eigenvalue weighted by Crippen LogP contribution is 2.35. The molecule has 2 N–H and O–H groups in total. The number of hydrogen-bond donors (Lipinski definition) is 2. The van der Waals surface area contributed by atoms with Crippen LogP contribution in [0.25, 0.3) is 0 Å². The number of rotatable bonds is 3. The van der Waals surface area contributed by atoms with Gasteiger partial charge in [0.2, 0.25) is 0 Å². The first-order valence-corrected chi connectivity index (χ1v) is 6.57. The third-order valence-corrected chi connectivity index (χ3v) is 3.53. The Morgan fingerprint density at radius 2 is 2.28 bits per heavy atom. The van der Waals surface area contributed by atoms with Gasteiger partial charge in [0.15, 0.2) is 0 Å². The quantitative estimate of drug-likeness (QED) is 0.857. The second-order valence-corrected chi connectivity index (χ2v) is 5.36. The van der Waals surface area contributed by atoms with Gasteiger partial charge in [0.25, 0.3) is 0 Å². The van der Waals surface area contributed by atoms with E-state index in [0.29, 0.717) is 6.42 Å². The highest BCUT2D eigenvalue weighted by Gasteiger charge is 2.38. The largest absolute Gasteiger partial charge is 0.489 e. The maximum absolute atomic E-state index is 10.8. The lowest BCUT2D eigenvalue weighted by Crippen LogP contribution is -2.46. The normalized spacial score (nSPS) is 28.4. The zero-order valence-corrected chi connectivity index (χ0v) is 11.3. The fraction of sp³-hybridized carbons (Fsp3) is 0.643. The number of nitrogens with one attached hydrogen (secondary N) is 1. The fourth-order valence-electron chi connectivity index (χ4n) is 2.43. The van der Waals surface area contributed by atoms with Crippen LogP contribution >= 0.6 is 0 Å². The van der Waals surface area contributed by atoms with Crippen molar-refractivity contribution in [2.45, 2.75) is 38.9 Å². The van der Waals surface area contributed by atoms with Crippen LogP contribution in [0.5, 0.6) is 5.75 Å². The van der Waals surface area contributed by atoms with Gasteiger partial charge in [0.05, 0.1) is 17.9 Å². The van der Waals surface area contributed by atoms with Crippen LogP contribution in [-0.4, -0.2) is 29.3 Å². The van der Waals surface area contributed by atoms with Crippen LogP contribution in [-0.2, 0) is 5.60 Å². The number of piperidine rings is 1. The lowest BCUT2D eigenvalue weighted by atomic mass is 9.78. The van der Waals surface area contributed by atoms with E-state index in [0.717, 1.165) is 24.4 Å². The molecule has 1 fully saturated rings. The van der Waals surface area contributed by atoms with Crippen LogP contribution in [0.15, 0.2) is 18.5 Å². The molecule has 1 aromatic heterocycles. The summed E-state index contributed by atoms with van der Waals surface area (Å²) < 4.78 is 5.64. The SMILES string of the molecule is CC(C)Oc1cncc(C2(O)CCNCC2C)c1. The van der Waals surface area contributed by atoms with Crippen molar-refractivity contribution in [2.24, 2.45) is 5.92 Å². The maximum atomic E-state index is 10.8. The van der Waals surface area contributed by atoms with Gasteiger partial charge in [-0.3, -0.25) is 4.98 Å². The predicted molar refractivity (Wildman–Crippen MR) is 70.5 cm³/mol. The molecule has 0 saturated carbocycles. The Kier molecular flexibility index (Phi) is 3.88. The molecule has 1 aliphatic rings. The van der Waals surface area contributed by atoms with Crippen molar-refractivity contribution in [2.75, 3.05) is 13.1 Å². The molecule has 2 atom stereocenters. The van der Waals surface area contributed by atoms with Gasteiger partial charge in [0, 0.05) is 24.2 Å². The van der Waals surface area contributed by atoms with Crippen LogP contribution in [0.3, 0.4) is 0 Å². The summed E-state index contributed by atoms with van der Waals surface area (Å²) in [6.45, 7) is 7.67. The zero-order valence-electron chi connectivity index (χ0n) is 11.3. The molecule has 1 aliphatic heterocycles. The fourth-order valence-corrected chi connectivity index (χ4v) is 2.43. The van der Waals surface area contributed by atoms with Crippen molar-refractivity contribution in [3.05, 3.63) is 24.0 Å². The molecule has 100 valence electrons. The molecule has 0 amide bonds. The van der Waals surface area contributed by atoms with Gasteiger partial charge in [-0.15, -0.1) is 0 Å². The lowest BCUT2D eigenvalue weighted by Gasteiger charge is -2.38. The molecule has 4 heteroatoms. The molecule has 0 aliphatic carbocycles. The minimum absolute atomic E-state index is 0.113. The van der Waals surface area contributed by atoms with E-state index >= 15 is 0 Å². The Bertz CT molecular complexity index is 409. The van der Waals surface area contributed by atoms with Crippen LogP contribution < -0.4 is 10.1 Å². The summed E-state index contributed by atoms with van der Waals surface area (Å²) in [5.41, 5.74) is 0.0591. The van der Waals surface area contributed by atoms with Crippen molar-refractivity contribution in [3.8, 4) is 5.75 Å². The van der Waals surface area contributed by atoms with E-state index in [4.69, 9.17) is 4.74 Å². The van der Waals surface area contributed by atoms with E-state index < -0.39 is 5.60 Å². The summed E-state index contributed by atoms with van der Waals surface area (Å²) in [6.07, 6.45) is 4.26. The number of nitrogens with zero attached hydrogens (tertiary/aromatic N) is 1. The van der Waals surface area contributed by atoms with E-state index in [1.165, 1.54) is 0 Å². The third-order valence-electron chi connectivity index (χ3n) is 3.53. The minimum atomic E-state index is -0.797. The van der Waals surface area contributed by atoms with Crippen LogP contribution in [0, 0.1) is 5.92 Å². The van der Waals surface area contributed by atoms with E-state index in [2.05, 4.69) is 17.2 Å². The first-order chi connectivity index (χ1) is 8.52. The average molecular weight is 250 g/mol. The summed E-state index contributed by atoms with van der Waals surface area (Å²) in [5.74, 6) is 0.893. The van der Waals surface area contributed by atoms with Crippen molar-refractivity contribution in [1.82, 2.24) is 10.3 Å². The maximum Gasteiger partial charge on any atom is 0.138 e. The van der Waals surface area contributed by atoms with Gasteiger partial charge in [-0.25, -0.2) is 0 Å². The van der Waals surface area contributed by atoms with E-state index in [1.807, 2.05) is 19.9 Å². The molecule has 2 heterocycles. The van der Waals surface area contributed by atoms with Crippen LogP contribution in [0.1, 0.15) is 32.8 Å². The summed E-state index contributed by atoms with van der Waals surface area (Å²) in [5, 5.41) is 14.1. The number of aliphatic hydroxyl groups is 1. The standard InChI is InChI=1S/C14H22N2O2/c1-10(2)18-13-6-12(8-16-9-13)14(17)4-5-15-7-11(14)3/h6,8-11,15,17H,4-5,7H2,1-3H3. The lowest BCUT2D eigenvalue weighted by molar-refractivity contribution is -0.0397. The second kappa shape index (κ2) is 5.24. The van der Waals surface area contributed by atoms with Gasteiger partial charge in [-0.1, -0.05) is 6.92 Å². The minimum Gasteiger partial charge on any atom is -0.489 e. The van der Waals surface area contributed by atoms with Gasteiger partial charge in [0.1, 0.15) is 5.75 Å². The van der Waals surface area contributed by atoms with Crippen molar-refractivity contribution in [1.29, 1.82) is 0 Å².